The quantitative estimate of drug-likeness (QED) is 0.520. The van der Waals surface area contributed by atoms with Crippen LogP contribution in [0, 0.1) is 0 Å². The van der Waals surface area contributed by atoms with Gasteiger partial charge in [-0.1, -0.05) is 45.7 Å². The van der Waals surface area contributed by atoms with Gasteiger partial charge in [-0.3, -0.25) is 13.9 Å². The highest BCUT2D eigenvalue weighted by Crippen LogP contribution is 2.23. The molecule has 0 aliphatic carbocycles. The summed E-state index contributed by atoms with van der Waals surface area (Å²) in [6.45, 7) is 4.95. The molecule has 1 atom stereocenters. The molecule has 0 spiro atoms. The number of rotatable bonds is 9. The van der Waals surface area contributed by atoms with Crippen molar-refractivity contribution >= 4 is 55.1 Å². The molecule has 2 amide bonds. The maximum atomic E-state index is 13.4. The van der Waals surface area contributed by atoms with Crippen LogP contribution in [0.2, 0.25) is 5.02 Å². The van der Waals surface area contributed by atoms with Gasteiger partial charge >= 0.3 is 0 Å². The van der Waals surface area contributed by atoms with Crippen LogP contribution in [0.4, 0.5) is 5.69 Å². The number of nitrogens with zero attached hydrogens (tertiary/aromatic N) is 2. The van der Waals surface area contributed by atoms with Gasteiger partial charge < -0.3 is 10.2 Å². The van der Waals surface area contributed by atoms with E-state index in [1.807, 2.05) is 38.1 Å². The van der Waals surface area contributed by atoms with Gasteiger partial charge in [0, 0.05) is 22.1 Å². The number of hydrogen-bond donors (Lipinski definition) is 1. The van der Waals surface area contributed by atoms with Gasteiger partial charge in [-0.25, -0.2) is 8.42 Å². The lowest BCUT2D eigenvalue weighted by Gasteiger charge is -2.32. The van der Waals surface area contributed by atoms with E-state index in [9.17, 15) is 18.0 Å². The predicted octanol–water partition coefficient (Wildman–Crippen LogP) is 3.81. The molecule has 0 aliphatic rings. The van der Waals surface area contributed by atoms with Gasteiger partial charge in [0.2, 0.25) is 21.8 Å². The van der Waals surface area contributed by atoms with Crippen LogP contribution in [0.1, 0.15) is 26.3 Å². The minimum absolute atomic E-state index is 0.105. The third-order valence-electron chi connectivity index (χ3n) is 4.62. The highest BCUT2D eigenvalue weighted by molar-refractivity contribution is 9.10. The Labute approximate surface area is 202 Å². The van der Waals surface area contributed by atoms with Crippen LogP contribution in [0.15, 0.2) is 53.0 Å². The number of carbonyl (C=O) groups is 2. The summed E-state index contributed by atoms with van der Waals surface area (Å²) in [5.74, 6) is -0.834. The Morgan fingerprint density at radius 1 is 1.09 bits per heavy atom. The van der Waals surface area contributed by atoms with Gasteiger partial charge in [-0.05, 0) is 56.7 Å². The molecule has 0 unspecified atom stereocenters. The number of carbonyl (C=O) groups excluding carboxylic acids is 2. The molecule has 0 radical (unpaired) electrons. The Hall–Kier alpha value is -2.10. The van der Waals surface area contributed by atoms with Crippen LogP contribution >= 0.6 is 27.5 Å². The summed E-state index contributed by atoms with van der Waals surface area (Å²) in [7, 11) is -3.79. The van der Waals surface area contributed by atoms with Gasteiger partial charge in [0.15, 0.2) is 0 Å². The van der Waals surface area contributed by atoms with E-state index in [2.05, 4.69) is 21.2 Å². The van der Waals surface area contributed by atoms with Crippen LogP contribution in [0.5, 0.6) is 0 Å². The van der Waals surface area contributed by atoms with Crippen LogP contribution in [-0.2, 0) is 26.2 Å². The molecule has 7 nitrogen and oxygen atoms in total. The van der Waals surface area contributed by atoms with Crippen molar-refractivity contribution in [3.05, 3.63) is 63.6 Å². The van der Waals surface area contributed by atoms with E-state index in [0.717, 1.165) is 20.6 Å². The summed E-state index contributed by atoms with van der Waals surface area (Å²) in [6, 6.07) is 12.7. The standard InChI is InChI=1S/C22H27BrClN3O4S/c1-15(2)25-22(29)16(3)26(13-17-7-5-8-18(23)11-17)21(28)14-27(32(4,30)31)20-10-6-9-19(24)12-20/h5-12,15-16H,13-14H2,1-4H3,(H,25,29)/t16-/m0/s1. The van der Waals surface area contributed by atoms with Crippen molar-refractivity contribution in [2.75, 3.05) is 17.1 Å². The molecule has 10 heteroatoms. The fourth-order valence-electron chi connectivity index (χ4n) is 3.06. The third kappa shape index (κ3) is 7.50. The molecule has 2 aromatic carbocycles. The van der Waals surface area contributed by atoms with Crippen molar-refractivity contribution < 1.29 is 18.0 Å². The number of anilines is 1. The highest BCUT2D eigenvalue weighted by Gasteiger charge is 2.30. The lowest BCUT2D eigenvalue weighted by atomic mass is 10.1. The number of nitrogens with one attached hydrogen (secondary N) is 1. The summed E-state index contributed by atoms with van der Waals surface area (Å²) in [6.07, 6.45) is 1.02. The SMILES string of the molecule is CC(C)NC(=O)[C@H](C)N(Cc1cccc(Br)c1)C(=O)CN(c1cccc(Cl)c1)S(C)(=O)=O. The van der Waals surface area contributed by atoms with Crippen LogP contribution in [0.25, 0.3) is 0 Å². The van der Waals surface area contributed by atoms with E-state index < -0.39 is 28.5 Å². The maximum absolute atomic E-state index is 13.4. The van der Waals surface area contributed by atoms with E-state index in [0.29, 0.717) is 5.02 Å². The first-order valence-electron chi connectivity index (χ1n) is 9.96. The normalized spacial score (nSPS) is 12.3. The first kappa shape index (κ1) is 26.2. The minimum Gasteiger partial charge on any atom is -0.352 e. The van der Waals surface area contributed by atoms with Crippen molar-refractivity contribution in [2.45, 2.75) is 39.4 Å². The van der Waals surface area contributed by atoms with Crippen LogP contribution < -0.4 is 9.62 Å². The Balaban J connectivity index is 2.39. The molecule has 2 aromatic rings. The number of halogens is 2. The highest BCUT2D eigenvalue weighted by atomic mass is 79.9. The lowest BCUT2D eigenvalue weighted by molar-refractivity contribution is -0.139. The van der Waals surface area contributed by atoms with Gasteiger partial charge in [0.1, 0.15) is 12.6 Å². The Morgan fingerprint density at radius 3 is 2.31 bits per heavy atom. The van der Waals surface area contributed by atoms with Crippen LogP contribution in [-0.4, -0.2) is 50.0 Å². The van der Waals surface area contributed by atoms with E-state index in [4.69, 9.17) is 11.6 Å². The largest absolute Gasteiger partial charge is 0.352 e. The van der Waals surface area contributed by atoms with E-state index >= 15 is 0 Å². The zero-order valence-electron chi connectivity index (χ0n) is 18.4. The second-order valence-electron chi connectivity index (χ2n) is 7.74. The van der Waals surface area contributed by atoms with E-state index in [1.54, 1.807) is 25.1 Å². The monoisotopic (exact) mass is 543 g/mol. The Bertz CT molecular complexity index is 1080. The topological polar surface area (TPSA) is 86.8 Å². The Morgan fingerprint density at radius 2 is 1.75 bits per heavy atom. The van der Waals surface area contributed by atoms with Crippen molar-refractivity contribution in [1.29, 1.82) is 0 Å². The molecule has 1 N–H and O–H groups in total. The molecule has 0 aliphatic heterocycles. The molecule has 0 saturated carbocycles. The smallest absolute Gasteiger partial charge is 0.244 e. The molecule has 0 heterocycles. The average Bonchev–Trinajstić information content (AvgIpc) is 2.68. The van der Waals surface area contributed by atoms with Crippen molar-refractivity contribution in [3.8, 4) is 0 Å². The van der Waals surface area contributed by atoms with Gasteiger partial charge in [-0.2, -0.15) is 0 Å². The maximum Gasteiger partial charge on any atom is 0.244 e. The minimum atomic E-state index is -3.79. The molecular weight excluding hydrogens is 518 g/mol. The summed E-state index contributed by atoms with van der Waals surface area (Å²) < 4.78 is 26.8. The van der Waals surface area contributed by atoms with Gasteiger partial charge in [0.25, 0.3) is 0 Å². The van der Waals surface area contributed by atoms with Gasteiger partial charge in [0.05, 0.1) is 11.9 Å². The average molecular weight is 545 g/mol. The summed E-state index contributed by atoms with van der Waals surface area (Å²) in [5.41, 5.74) is 1.07. The first-order valence-corrected chi connectivity index (χ1v) is 13.0. The third-order valence-corrected chi connectivity index (χ3v) is 6.48. The second-order valence-corrected chi connectivity index (χ2v) is 11.0. The van der Waals surface area contributed by atoms with Crippen molar-refractivity contribution in [1.82, 2.24) is 10.2 Å². The van der Waals surface area contributed by atoms with E-state index in [1.165, 1.54) is 11.0 Å². The molecule has 0 bridgehead atoms. The fourth-order valence-corrected chi connectivity index (χ4v) is 4.54. The zero-order valence-corrected chi connectivity index (χ0v) is 21.5. The predicted molar refractivity (Wildman–Crippen MR) is 131 cm³/mol. The molecule has 2 rings (SSSR count). The fraction of sp³-hybridized carbons (Fsp3) is 0.364. The molecule has 0 fully saturated rings. The number of benzene rings is 2. The van der Waals surface area contributed by atoms with Crippen molar-refractivity contribution in [3.63, 3.8) is 0 Å². The zero-order chi connectivity index (χ0) is 24.1. The molecule has 0 saturated heterocycles. The number of amides is 2. The molecule has 32 heavy (non-hydrogen) atoms. The first-order chi connectivity index (χ1) is 14.9. The van der Waals surface area contributed by atoms with Crippen molar-refractivity contribution in [2.24, 2.45) is 0 Å². The molecule has 174 valence electrons. The second kappa shape index (κ2) is 11.2. The lowest BCUT2D eigenvalue weighted by Crippen LogP contribution is -2.52. The number of sulfonamides is 1. The summed E-state index contributed by atoms with van der Waals surface area (Å²) in [4.78, 5) is 27.4. The molecular formula is C22H27BrClN3O4S. The summed E-state index contributed by atoms with van der Waals surface area (Å²) >= 11 is 9.44. The van der Waals surface area contributed by atoms with E-state index in [-0.39, 0.29) is 24.2 Å². The Kier molecular flexibility index (Phi) is 9.12. The number of hydrogen-bond acceptors (Lipinski definition) is 4. The van der Waals surface area contributed by atoms with Crippen LogP contribution in [0.3, 0.4) is 0 Å². The van der Waals surface area contributed by atoms with Gasteiger partial charge in [-0.15, -0.1) is 0 Å². The summed E-state index contributed by atoms with van der Waals surface area (Å²) in [5, 5.41) is 3.15. The molecule has 0 aromatic heterocycles.